The summed E-state index contributed by atoms with van der Waals surface area (Å²) in [5.74, 6) is 0.0763. The van der Waals surface area contributed by atoms with Crippen molar-refractivity contribution in [3.05, 3.63) is 29.8 Å². The van der Waals surface area contributed by atoms with Crippen molar-refractivity contribution in [2.24, 2.45) is 5.92 Å². The summed E-state index contributed by atoms with van der Waals surface area (Å²) in [6, 6.07) is 7.88. The zero-order valence-corrected chi connectivity index (χ0v) is 14.1. The number of hydrogen-bond donors (Lipinski definition) is 2. The second-order valence-electron chi connectivity index (χ2n) is 6.45. The molecule has 2 fully saturated rings. The molecule has 0 spiro atoms. The van der Waals surface area contributed by atoms with E-state index >= 15 is 0 Å². The number of para-hydroxylation sites is 1. The van der Waals surface area contributed by atoms with Gasteiger partial charge >= 0.3 is 0 Å². The highest BCUT2D eigenvalue weighted by Gasteiger charge is 2.31. The molecule has 3 rings (SSSR count). The first kappa shape index (κ1) is 16.9. The Hall–Kier alpha value is -1.92. The minimum absolute atomic E-state index is 0.0319. The maximum Gasteiger partial charge on any atom is 0.237 e. The number of amides is 1. The van der Waals surface area contributed by atoms with Crippen LogP contribution in [-0.4, -0.2) is 50.6 Å². The molecule has 0 aromatic heterocycles. The number of ketones is 1. The molecule has 2 saturated heterocycles. The molecule has 24 heavy (non-hydrogen) atoms. The van der Waals surface area contributed by atoms with Crippen LogP contribution in [0.4, 0.5) is 5.69 Å². The summed E-state index contributed by atoms with van der Waals surface area (Å²) in [6.07, 6.45) is 0.590. The fourth-order valence-corrected chi connectivity index (χ4v) is 3.32. The van der Waals surface area contributed by atoms with Crippen LogP contribution in [0.15, 0.2) is 24.3 Å². The summed E-state index contributed by atoms with van der Waals surface area (Å²) < 4.78 is 5.41. The summed E-state index contributed by atoms with van der Waals surface area (Å²) in [7, 11) is 0. The van der Waals surface area contributed by atoms with E-state index in [1.807, 2.05) is 18.2 Å². The molecule has 1 aromatic carbocycles. The zero-order valence-electron chi connectivity index (χ0n) is 14.1. The zero-order chi connectivity index (χ0) is 16.9. The van der Waals surface area contributed by atoms with Crippen molar-refractivity contribution < 1.29 is 14.3 Å². The van der Waals surface area contributed by atoms with Gasteiger partial charge in [0.1, 0.15) is 5.78 Å². The van der Waals surface area contributed by atoms with E-state index in [9.17, 15) is 9.59 Å². The van der Waals surface area contributed by atoms with Crippen molar-refractivity contribution in [3.8, 4) is 0 Å². The normalized spacial score (nSPS) is 24.0. The second-order valence-corrected chi connectivity index (χ2v) is 6.45. The van der Waals surface area contributed by atoms with E-state index in [0.717, 1.165) is 37.6 Å². The molecule has 0 aliphatic carbocycles. The molecule has 2 atom stereocenters. The monoisotopic (exact) mass is 331 g/mol. The number of nitrogens with zero attached hydrogens (tertiary/aromatic N) is 1. The van der Waals surface area contributed by atoms with E-state index < -0.39 is 0 Å². The summed E-state index contributed by atoms with van der Waals surface area (Å²) in [5, 5.41) is 6.15. The van der Waals surface area contributed by atoms with Gasteiger partial charge in [-0.2, -0.15) is 0 Å². The molecule has 0 saturated carbocycles. The number of Topliss-reactive ketones (excluding diaryl/α,β-unsaturated/α-hetero) is 1. The quantitative estimate of drug-likeness (QED) is 0.831. The standard InChI is InChI=1S/C18H25N3O3/c1-13(22)15-10-16(19-12-15)18(23)20-11-14-4-2-3-5-17(14)21-6-8-24-9-7-21/h2-5,15-16,19H,6-12H2,1H3,(H,20,23). The first-order valence-electron chi connectivity index (χ1n) is 8.57. The molecule has 2 heterocycles. The molecule has 130 valence electrons. The number of nitrogens with one attached hydrogen (secondary N) is 2. The Labute approximate surface area is 142 Å². The lowest BCUT2D eigenvalue weighted by Crippen LogP contribution is -2.41. The Morgan fingerprint density at radius 1 is 1.29 bits per heavy atom. The number of benzene rings is 1. The van der Waals surface area contributed by atoms with Gasteiger partial charge in [0.2, 0.25) is 5.91 Å². The molecule has 1 aromatic rings. The molecule has 2 unspecified atom stereocenters. The molecule has 6 nitrogen and oxygen atoms in total. The van der Waals surface area contributed by atoms with Gasteiger partial charge in [0, 0.05) is 37.8 Å². The van der Waals surface area contributed by atoms with Crippen molar-refractivity contribution in [2.45, 2.75) is 25.9 Å². The van der Waals surface area contributed by atoms with Crippen LogP contribution in [0.1, 0.15) is 18.9 Å². The molecule has 0 radical (unpaired) electrons. The van der Waals surface area contributed by atoms with Crippen molar-refractivity contribution >= 4 is 17.4 Å². The van der Waals surface area contributed by atoms with Crippen LogP contribution in [0.25, 0.3) is 0 Å². The predicted molar refractivity (Wildman–Crippen MR) is 91.9 cm³/mol. The van der Waals surface area contributed by atoms with E-state index in [1.165, 1.54) is 0 Å². The average molecular weight is 331 g/mol. The Morgan fingerprint density at radius 2 is 2.04 bits per heavy atom. The smallest absolute Gasteiger partial charge is 0.237 e. The molecular weight excluding hydrogens is 306 g/mol. The Morgan fingerprint density at radius 3 is 2.75 bits per heavy atom. The topological polar surface area (TPSA) is 70.7 Å². The summed E-state index contributed by atoms with van der Waals surface area (Å²) >= 11 is 0. The van der Waals surface area contributed by atoms with Crippen molar-refractivity contribution in [3.63, 3.8) is 0 Å². The lowest BCUT2D eigenvalue weighted by molar-refractivity contribution is -0.123. The van der Waals surface area contributed by atoms with Crippen LogP contribution in [0.5, 0.6) is 0 Å². The van der Waals surface area contributed by atoms with Crippen LogP contribution in [0.2, 0.25) is 0 Å². The molecule has 2 aliphatic heterocycles. The van der Waals surface area contributed by atoms with Gasteiger partial charge in [0.25, 0.3) is 0 Å². The summed E-state index contributed by atoms with van der Waals surface area (Å²) in [6.45, 7) is 5.89. The minimum Gasteiger partial charge on any atom is -0.378 e. The Kier molecular flexibility index (Phi) is 5.48. The molecule has 0 bridgehead atoms. The van der Waals surface area contributed by atoms with Gasteiger partial charge in [0.15, 0.2) is 0 Å². The fraction of sp³-hybridized carbons (Fsp3) is 0.556. The fourth-order valence-electron chi connectivity index (χ4n) is 3.32. The van der Waals surface area contributed by atoms with E-state index in [2.05, 4.69) is 21.6 Å². The van der Waals surface area contributed by atoms with Crippen molar-refractivity contribution in [2.75, 3.05) is 37.7 Å². The first-order chi connectivity index (χ1) is 11.6. The SMILES string of the molecule is CC(=O)C1CNC(C(=O)NCc2ccccc2N2CCOCC2)C1. The minimum atomic E-state index is -0.269. The number of anilines is 1. The van der Waals surface area contributed by atoms with Crippen LogP contribution >= 0.6 is 0 Å². The Balaban J connectivity index is 1.58. The van der Waals surface area contributed by atoms with Crippen LogP contribution in [-0.2, 0) is 20.9 Å². The van der Waals surface area contributed by atoms with Gasteiger partial charge in [-0.25, -0.2) is 0 Å². The van der Waals surface area contributed by atoms with Gasteiger partial charge < -0.3 is 20.3 Å². The van der Waals surface area contributed by atoms with E-state index in [1.54, 1.807) is 6.92 Å². The van der Waals surface area contributed by atoms with Gasteiger partial charge in [0.05, 0.1) is 19.3 Å². The molecule has 2 aliphatic rings. The second kappa shape index (κ2) is 7.77. The van der Waals surface area contributed by atoms with E-state index in [-0.39, 0.29) is 23.7 Å². The van der Waals surface area contributed by atoms with Gasteiger partial charge in [-0.05, 0) is 25.0 Å². The third-order valence-electron chi connectivity index (χ3n) is 4.82. The molecule has 1 amide bonds. The van der Waals surface area contributed by atoms with Crippen molar-refractivity contribution in [1.29, 1.82) is 0 Å². The molecular formula is C18H25N3O3. The maximum atomic E-state index is 12.4. The molecule has 6 heteroatoms. The highest BCUT2D eigenvalue weighted by molar-refractivity contribution is 5.85. The van der Waals surface area contributed by atoms with Gasteiger partial charge in [-0.1, -0.05) is 18.2 Å². The maximum absolute atomic E-state index is 12.4. The van der Waals surface area contributed by atoms with E-state index in [0.29, 0.717) is 19.5 Å². The number of rotatable bonds is 5. The predicted octanol–water partition coefficient (Wildman–Crippen LogP) is 0.707. The number of morpholine rings is 1. The summed E-state index contributed by atoms with van der Waals surface area (Å²) in [5.41, 5.74) is 2.26. The number of carbonyl (C=O) groups excluding carboxylic acids is 2. The van der Waals surface area contributed by atoms with E-state index in [4.69, 9.17) is 4.74 Å². The van der Waals surface area contributed by atoms with Crippen LogP contribution in [0.3, 0.4) is 0 Å². The third-order valence-corrected chi connectivity index (χ3v) is 4.82. The largest absolute Gasteiger partial charge is 0.378 e. The third kappa shape index (κ3) is 3.94. The van der Waals surface area contributed by atoms with Gasteiger partial charge in [-0.3, -0.25) is 9.59 Å². The molecule has 2 N–H and O–H groups in total. The lowest BCUT2D eigenvalue weighted by atomic mass is 10.0. The number of hydrogen-bond acceptors (Lipinski definition) is 5. The average Bonchev–Trinajstić information content (AvgIpc) is 3.11. The van der Waals surface area contributed by atoms with Crippen molar-refractivity contribution in [1.82, 2.24) is 10.6 Å². The van der Waals surface area contributed by atoms with Gasteiger partial charge in [-0.15, -0.1) is 0 Å². The highest BCUT2D eigenvalue weighted by atomic mass is 16.5. The first-order valence-corrected chi connectivity index (χ1v) is 8.57. The van der Waals surface area contributed by atoms with Crippen LogP contribution in [0, 0.1) is 5.92 Å². The number of ether oxygens (including phenoxy) is 1. The van der Waals surface area contributed by atoms with Crippen LogP contribution < -0.4 is 15.5 Å². The lowest BCUT2D eigenvalue weighted by Gasteiger charge is -2.30. The number of carbonyl (C=O) groups is 2. The summed E-state index contributed by atoms with van der Waals surface area (Å²) in [4.78, 5) is 26.1. The Bertz CT molecular complexity index is 599. The highest BCUT2D eigenvalue weighted by Crippen LogP contribution is 2.21.